The monoisotopic (exact) mass is 717 g/mol. The van der Waals surface area contributed by atoms with Crippen LogP contribution in [0.4, 0.5) is 4.79 Å². The van der Waals surface area contributed by atoms with Crippen molar-refractivity contribution in [3.05, 3.63) is 12.2 Å². The number of amides is 1. The summed E-state index contributed by atoms with van der Waals surface area (Å²) in [7, 11) is -5.80. The summed E-state index contributed by atoms with van der Waals surface area (Å²) in [5, 5.41) is 3.05. The van der Waals surface area contributed by atoms with Crippen molar-refractivity contribution in [2.75, 3.05) is 33.0 Å². The normalized spacial score (nSPS) is 19.9. The summed E-state index contributed by atoms with van der Waals surface area (Å²) in [5.41, 5.74) is 0.149. The van der Waals surface area contributed by atoms with E-state index in [1.165, 1.54) is 18.9 Å². The molecule has 1 N–H and O–H groups in total. The Labute approximate surface area is 288 Å². The summed E-state index contributed by atoms with van der Waals surface area (Å²) in [6.45, 7) is 28.5. The molecule has 0 radical (unpaired) electrons. The van der Waals surface area contributed by atoms with Gasteiger partial charge in [0, 0.05) is 24.6 Å². The largest absolute Gasteiger partial charge is 0.462 e. The van der Waals surface area contributed by atoms with Gasteiger partial charge in [0.05, 0.1) is 6.61 Å². The van der Waals surface area contributed by atoms with Gasteiger partial charge in [-0.2, -0.15) is 0 Å². The molecule has 0 aromatic rings. The average molecular weight is 718 g/mol. The zero-order valence-electron chi connectivity index (χ0n) is 31.6. The van der Waals surface area contributed by atoms with Gasteiger partial charge in [-0.05, 0) is 101 Å². The molecule has 1 saturated carbocycles. The molecule has 1 aliphatic rings. The van der Waals surface area contributed by atoms with Crippen molar-refractivity contribution in [2.24, 2.45) is 10.8 Å². The number of esters is 2. The van der Waals surface area contributed by atoms with Gasteiger partial charge >= 0.3 is 26.6 Å². The molecule has 2 unspecified atom stereocenters. The SMILES string of the molecule is C=C(C)C(=O)OCCOC(=O)CCC1(C)CC(NC(=O)OCCOCCC[Si](C)(C)O[Si](C)(C)O[Si](C)(C)CCCC)CC(C)(C)C1. The summed E-state index contributed by atoms with van der Waals surface area (Å²) in [6.07, 6.45) is 6.27. The second-order valence-electron chi connectivity index (χ2n) is 16.1. The van der Waals surface area contributed by atoms with Gasteiger partial charge in [-0.15, -0.1) is 0 Å². The Hall–Kier alpha value is -1.52. The fourth-order valence-corrected chi connectivity index (χ4v) is 21.2. The van der Waals surface area contributed by atoms with Crippen LogP contribution in [0.15, 0.2) is 12.2 Å². The van der Waals surface area contributed by atoms with Crippen LogP contribution in [0.3, 0.4) is 0 Å². The number of alkyl carbamates (subject to hydrolysis) is 1. The van der Waals surface area contributed by atoms with Crippen LogP contribution in [0, 0.1) is 10.8 Å². The first kappa shape index (κ1) is 43.5. The molecule has 0 saturated heterocycles. The van der Waals surface area contributed by atoms with E-state index in [9.17, 15) is 14.4 Å². The Bertz CT molecular complexity index is 1020. The molecule has 0 aromatic carbocycles. The molecule has 13 heteroatoms. The molecule has 2 atom stereocenters. The summed E-state index contributed by atoms with van der Waals surface area (Å²) >= 11 is 0. The van der Waals surface area contributed by atoms with Crippen molar-refractivity contribution in [1.29, 1.82) is 0 Å². The lowest BCUT2D eigenvalue weighted by Crippen LogP contribution is -2.52. The Balaban J connectivity index is 2.36. The van der Waals surface area contributed by atoms with Crippen LogP contribution in [0.25, 0.3) is 0 Å². The Morgan fingerprint density at radius 2 is 1.38 bits per heavy atom. The number of rotatable bonds is 22. The molecule has 274 valence electrons. The lowest BCUT2D eigenvalue weighted by Gasteiger charge is -2.46. The van der Waals surface area contributed by atoms with Crippen LogP contribution in [-0.2, 0) is 36.8 Å². The number of hydrogen-bond acceptors (Lipinski definition) is 9. The van der Waals surface area contributed by atoms with Gasteiger partial charge in [-0.3, -0.25) is 4.79 Å². The maximum atomic E-state index is 12.6. The molecule has 0 spiro atoms. The van der Waals surface area contributed by atoms with Crippen molar-refractivity contribution in [1.82, 2.24) is 5.32 Å². The smallest absolute Gasteiger partial charge is 0.407 e. The second kappa shape index (κ2) is 19.6. The Morgan fingerprint density at radius 3 is 1.98 bits per heavy atom. The van der Waals surface area contributed by atoms with E-state index in [0.717, 1.165) is 31.7 Å². The molecule has 0 bridgehead atoms. The van der Waals surface area contributed by atoms with Crippen molar-refractivity contribution < 1.29 is 41.6 Å². The fraction of sp³-hybridized carbons (Fsp3) is 0.853. The van der Waals surface area contributed by atoms with Gasteiger partial charge < -0.3 is 32.5 Å². The first-order valence-corrected chi connectivity index (χ1v) is 26.5. The minimum Gasteiger partial charge on any atom is -0.462 e. The third-order valence-corrected chi connectivity index (χ3v) is 19.8. The van der Waals surface area contributed by atoms with Crippen LogP contribution in [0.5, 0.6) is 0 Å². The van der Waals surface area contributed by atoms with E-state index >= 15 is 0 Å². The molecular formula is C34H67NO9Si3. The number of nitrogens with one attached hydrogen (secondary N) is 1. The highest BCUT2D eigenvalue weighted by Crippen LogP contribution is 2.48. The Kier molecular flexibility index (Phi) is 18.2. The van der Waals surface area contributed by atoms with Gasteiger partial charge in [0.1, 0.15) is 19.8 Å². The van der Waals surface area contributed by atoms with Crippen molar-refractivity contribution in [3.8, 4) is 0 Å². The number of unbranched alkanes of at least 4 members (excludes halogenated alkanes) is 1. The highest BCUT2D eigenvalue weighted by atomic mass is 28.5. The quantitative estimate of drug-likeness (QED) is 0.0390. The van der Waals surface area contributed by atoms with E-state index in [0.29, 0.717) is 25.2 Å². The highest BCUT2D eigenvalue weighted by Gasteiger charge is 2.42. The van der Waals surface area contributed by atoms with E-state index in [2.05, 4.69) is 78.9 Å². The van der Waals surface area contributed by atoms with E-state index in [1.807, 2.05) is 0 Å². The predicted molar refractivity (Wildman–Crippen MR) is 195 cm³/mol. The first-order chi connectivity index (χ1) is 21.6. The zero-order chi connectivity index (χ0) is 35.9. The third-order valence-electron chi connectivity index (χ3n) is 8.33. The van der Waals surface area contributed by atoms with Crippen LogP contribution >= 0.6 is 0 Å². The van der Waals surface area contributed by atoms with Gasteiger partial charge in [-0.1, -0.05) is 47.1 Å². The molecule has 47 heavy (non-hydrogen) atoms. The molecule has 1 amide bonds. The number of carbonyl (C=O) groups excluding carboxylic acids is 3. The summed E-state index contributed by atoms with van der Waals surface area (Å²) in [4.78, 5) is 36.4. The first-order valence-electron chi connectivity index (χ1n) is 17.5. The summed E-state index contributed by atoms with van der Waals surface area (Å²) in [5.74, 6) is -0.827. The minimum atomic E-state index is -2.20. The lowest BCUT2D eigenvalue weighted by molar-refractivity contribution is -0.150. The lowest BCUT2D eigenvalue weighted by atomic mass is 9.61. The van der Waals surface area contributed by atoms with Crippen molar-refractivity contribution in [3.63, 3.8) is 0 Å². The van der Waals surface area contributed by atoms with Gasteiger partial charge in [0.15, 0.2) is 16.6 Å². The molecule has 0 heterocycles. The predicted octanol–water partition coefficient (Wildman–Crippen LogP) is 8.09. The van der Waals surface area contributed by atoms with Crippen LogP contribution in [0.1, 0.15) is 86.0 Å². The van der Waals surface area contributed by atoms with E-state index < -0.39 is 37.3 Å². The fourth-order valence-electron chi connectivity index (χ4n) is 6.98. The number of ether oxygens (including phenoxy) is 4. The topological polar surface area (TPSA) is 119 Å². The Morgan fingerprint density at radius 1 is 0.809 bits per heavy atom. The summed E-state index contributed by atoms with van der Waals surface area (Å²) < 4.78 is 34.7. The van der Waals surface area contributed by atoms with Gasteiger partial charge in [0.2, 0.25) is 0 Å². The van der Waals surface area contributed by atoms with Crippen molar-refractivity contribution in [2.45, 2.75) is 143 Å². The highest BCUT2D eigenvalue weighted by molar-refractivity contribution is 6.87. The maximum absolute atomic E-state index is 12.6. The summed E-state index contributed by atoms with van der Waals surface area (Å²) in [6, 6.07) is 2.11. The minimum absolute atomic E-state index is 0.00422. The molecule has 0 aromatic heterocycles. The van der Waals surface area contributed by atoms with Gasteiger partial charge in [0.25, 0.3) is 0 Å². The van der Waals surface area contributed by atoms with Crippen LogP contribution in [0.2, 0.25) is 51.4 Å². The molecule has 1 rings (SSSR count). The van der Waals surface area contributed by atoms with Crippen molar-refractivity contribution >= 4 is 43.2 Å². The van der Waals surface area contributed by atoms with Gasteiger partial charge in [-0.25, -0.2) is 9.59 Å². The standard InChI is InChI=1S/C34H67NO9Si3/c1-13-14-23-45(7,8)43-47(11,12)44-46(9,10)24-15-18-39-19-20-42-32(38)35-29-25-33(4,5)27-34(6,26-29)17-16-30(36)40-21-22-41-31(37)28(2)3/h29H,2,13-27H2,1,3-12H3,(H,35,38). The molecule has 1 aliphatic carbocycles. The van der Waals surface area contributed by atoms with E-state index in [4.69, 9.17) is 27.2 Å². The average Bonchev–Trinajstić information content (AvgIpc) is 2.90. The van der Waals surface area contributed by atoms with Crippen LogP contribution < -0.4 is 5.32 Å². The molecule has 1 fully saturated rings. The molecule has 0 aliphatic heterocycles. The zero-order valence-corrected chi connectivity index (χ0v) is 34.6. The molecule has 10 nitrogen and oxygen atoms in total. The number of carbonyl (C=O) groups is 3. The van der Waals surface area contributed by atoms with Crippen LogP contribution in [-0.4, -0.2) is 82.3 Å². The van der Waals surface area contributed by atoms with E-state index in [-0.39, 0.29) is 49.1 Å². The maximum Gasteiger partial charge on any atom is 0.407 e. The number of hydrogen-bond donors (Lipinski definition) is 1. The third kappa shape index (κ3) is 19.9. The second-order valence-corrected chi connectivity index (χ2v) is 28.6. The van der Waals surface area contributed by atoms with E-state index in [1.54, 1.807) is 6.92 Å². The molecular weight excluding hydrogens is 651 g/mol.